The number of amides is 1. The molecule has 8 heteroatoms. The number of carbonyl (C=O) groups excluding carboxylic acids is 1. The van der Waals surface area contributed by atoms with E-state index >= 15 is 0 Å². The molecule has 0 atom stereocenters. The monoisotopic (exact) mass is 390 g/mol. The highest BCUT2D eigenvalue weighted by Gasteiger charge is 2.05. The van der Waals surface area contributed by atoms with Crippen molar-refractivity contribution >= 4 is 23.2 Å². The third kappa shape index (κ3) is 7.42. The number of carbonyl (C=O) groups is 1. The molecule has 0 saturated carbocycles. The predicted molar refractivity (Wildman–Crippen MR) is 111 cm³/mol. The Morgan fingerprint density at radius 1 is 1.30 bits per heavy atom. The Hall–Kier alpha value is -2.35. The van der Waals surface area contributed by atoms with Gasteiger partial charge in [-0.1, -0.05) is 6.07 Å². The van der Waals surface area contributed by atoms with Crippen molar-refractivity contribution in [3.05, 3.63) is 39.8 Å². The summed E-state index contributed by atoms with van der Waals surface area (Å²) in [4.78, 5) is 19.1. The third-order valence-corrected chi connectivity index (χ3v) is 4.99. The van der Waals surface area contributed by atoms with Crippen LogP contribution in [0.25, 0.3) is 0 Å². The summed E-state index contributed by atoms with van der Waals surface area (Å²) in [6.07, 6.45) is 1.86. The smallest absolute Gasteiger partial charge is 0.243 e. The Bertz CT molecular complexity index is 735. The van der Waals surface area contributed by atoms with Crippen LogP contribution in [-0.4, -0.2) is 60.3 Å². The number of thiophene rings is 1. The number of nitrogens with one attached hydrogen (secondary N) is 2. The molecule has 0 spiro atoms. The van der Waals surface area contributed by atoms with Crippen LogP contribution in [0.2, 0.25) is 0 Å². The molecule has 0 fully saturated rings. The fourth-order valence-electron chi connectivity index (χ4n) is 2.56. The summed E-state index contributed by atoms with van der Waals surface area (Å²) < 4.78 is 2.02. The van der Waals surface area contributed by atoms with Crippen molar-refractivity contribution in [2.24, 2.45) is 4.99 Å². The number of aryl methyl sites for hydroxylation is 3. The van der Waals surface area contributed by atoms with E-state index in [0.29, 0.717) is 5.96 Å². The Kier molecular flexibility index (Phi) is 8.32. The van der Waals surface area contributed by atoms with E-state index in [0.717, 1.165) is 38.2 Å². The molecule has 0 bridgehead atoms. The van der Waals surface area contributed by atoms with Gasteiger partial charge in [0.15, 0.2) is 5.96 Å². The first kappa shape index (κ1) is 21.0. The molecular weight excluding hydrogens is 360 g/mol. The van der Waals surface area contributed by atoms with E-state index in [1.165, 1.54) is 10.6 Å². The maximum atomic E-state index is 11.8. The van der Waals surface area contributed by atoms with Crippen molar-refractivity contribution in [3.8, 4) is 0 Å². The van der Waals surface area contributed by atoms with Crippen molar-refractivity contribution in [1.29, 1.82) is 0 Å². The Labute approximate surface area is 165 Å². The van der Waals surface area contributed by atoms with Crippen LogP contribution in [-0.2, 0) is 17.8 Å². The van der Waals surface area contributed by atoms with Gasteiger partial charge in [0.25, 0.3) is 0 Å². The van der Waals surface area contributed by atoms with Gasteiger partial charge in [0.2, 0.25) is 5.91 Å². The van der Waals surface area contributed by atoms with Crippen LogP contribution in [0.15, 0.2) is 28.6 Å². The van der Waals surface area contributed by atoms with Gasteiger partial charge >= 0.3 is 0 Å². The number of aliphatic imine (C=N–C) groups is 1. The lowest BCUT2D eigenvalue weighted by atomic mass is 10.3. The quantitative estimate of drug-likeness (QED) is 0.389. The highest BCUT2D eigenvalue weighted by Crippen LogP contribution is 2.08. The van der Waals surface area contributed by atoms with Gasteiger partial charge in [0.05, 0.1) is 5.69 Å². The molecule has 0 aliphatic heterocycles. The van der Waals surface area contributed by atoms with Gasteiger partial charge in [0.1, 0.15) is 6.54 Å². The zero-order chi connectivity index (χ0) is 19.6. The van der Waals surface area contributed by atoms with Gasteiger partial charge in [-0.2, -0.15) is 5.10 Å². The van der Waals surface area contributed by atoms with Crippen LogP contribution in [0, 0.1) is 13.8 Å². The number of guanidine groups is 1. The molecule has 7 nitrogen and oxygen atoms in total. The highest BCUT2D eigenvalue weighted by molar-refractivity contribution is 7.09. The van der Waals surface area contributed by atoms with E-state index in [4.69, 9.17) is 0 Å². The number of rotatable bonds is 9. The molecule has 27 heavy (non-hydrogen) atoms. The van der Waals surface area contributed by atoms with E-state index in [-0.39, 0.29) is 12.5 Å². The first-order valence-electron chi connectivity index (χ1n) is 9.21. The molecule has 2 heterocycles. The molecule has 0 aliphatic carbocycles. The van der Waals surface area contributed by atoms with E-state index in [2.05, 4.69) is 51.2 Å². The number of aromatic nitrogens is 2. The van der Waals surface area contributed by atoms with Gasteiger partial charge in [-0.25, -0.2) is 4.99 Å². The summed E-state index contributed by atoms with van der Waals surface area (Å²) in [6, 6.07) is 6.27. The summed E-state index contributed by atoms with van der Waals surface area (Å²) >= 11 is 1.75. The fraction of sp³-hybridized carbons (Fsp3) is 0.526. The lowest BCUT2D eigenvalue weighted by molar-refractivity contribution is -0.127. The molecule has 1 amide bonds. The van der Waals surface area contributed by atoms with Crippen molar-refractivity contribution < 1.29 is 4.79 Å². The highest BCUT2D eigenvalue weighted by atomic mass is 32.1. The number of nitrogens with zero attached hydrogens (tertiary/aromatic N) is 4. The van der Waals surface area contributed by atoms with Crippen molar-refractivity contribution in [2.75, 3.05) is 33.7 Å². The summed E-state index contributed by atoms with van der Waals surface area (Å²) in [5, 5.41) is 13.2. The van der Waals surface area contributed by atoms with Gasteiger partial charge in [-0.3, -0.25) is 9.48 Å². The molecule has 0 aliphatic rings. The van der Waals surface area contributed by atoms with Gasteiger partial charge in [0, 0.05) is 44.3 Å². The van der Waals surface area contributed by atoms with Crippen LogP contribution in [0.1, 0.15) is 22.7 Å². The summed E-state index contributed by atoms with van der Waals surface area (Å²) in [7, 11) is 3.48. The number of likely N-dealkylation sites (N-methyl/N-ethyl adjacent to an activating group) is 1. The molecule has 2 aromatic rings. The molecule has 0 saturated heterocycles. The molecule has 0 unspecified atom stereocenters. The standard InChI is InChI=1S/C19H30N6OS/c1-15-13-16(2)25(23-15)11-6-9-20-19(22-14-18(26)24(3)4)21-10-8-17-7-5-12-27-17/h5,7,12-13H,6,8-11,14H2,1-4H3,(H2,20,21,22). The molecule has 2 N–H and O–H groups in total. The van der Waals surface area contributed by atoms with Gasteiger partial charge in [-0.05, 0) is 44.2 Å². The van der Waals surface area contributed by atoms with Gasteiger partial charge < -0.3 is 15.5 Å². The van der Waals surface area contributed by atoms with E-state index < -0.39 is 0 Å². The van der Waals surface area contributed by atoms with Crippen molar-refractivity contribution in [1.82, 2.24) is 25.3 Å². The molecule has 0 aromatic carbocycles. The molecular formula is C19H30N6OS. The van der Waals surface area contributed by atoms with Crippen molar-refractivity contribution in [2.45, 2.75) is 33.2 Å². The minimum Gasteiger partial charge on any atom is -0.356 e. The number of hydrogen-bond acceptors (Lipinski definition) is 4. The van der Waals surface area contributed by atoms with Crippen LogP contribution >= 0.6 is 11.3 Å². The second kappa shape index (κ2) is 10.7. The summed E-state index contributed by atoms with van der Waals surface area (Å²) in [5.74, 6) is 0.659. The minimum absolute atomic E-state index is 0.0167. The largest absolute Gasteiger partial charge is 0.356 e. The Morgan fingerprint density at radius 3 is 2.70 bits per heavy atom. The number of hydrogen-bond donors (Lipinski definition) is 2. The van der Waals surface area contributed by atoms with E-state index in [1.54, 1.807) is 30.3 Å². The first-order valence-corrected chi connectivity index (χ1v) is 10.1. The van der Waals surface area contributed by atoms with E-state index in [9.17, 15) is 4.79 Å². The molecule has 0 radical (unpaired) electrons. The topological polar surface area (TPSA) is 74.6 Å². The Morgan fingerprint density at radius 2 is 2.07 bits per heavy atom. The Balaban J connectivity index is 1.81. The minimum atomic E-state index is -0.0167. The summed E-state index contributed by atoms with van der Waals surface area (Å²) in [5.41, 5.74) is 2.21. The average molecular weight is 391 g/mol. The zero-order valence-electron chi connectivity index (χ0n) is 16.7. The van der Waals surface area contributed by atoms with Crippen LogP contribution in [0.5, 0.6) is 0 Å². The maximum Gasteiger partial charge on any atom is 0.243 e. The van der Waals surface area contributed by atoms with Crippen LogP contribution in [0.3, 0.4) is 0 Å². The molecule has 148 valence electrons. The lowest BCUT2D eigenvalue weighted by Gasteiger charge is -2.14. The zero-order valence-corrected chi connectivity index (χ0v) is 17.5. The summed E-state index contributed by atoms with van der Waals surface area (Å²) in [6.45, 7) is 6.61. The SMILES string of the molecule is Cc1cc(C)n(CCCNC(=NCC(=O)N(C)C)NCCc2cccs2)n1. The van der Waals surface area contributed by atoms with Gasteiger partial charge in [-0.15, -0.1) is 11.3 Å². The second-order valence-electron chi connectivity index (χ2n) is 6.64. The average Bonchev–Trinajstić information content (AvgIpc) is 3.24. The maximum absolute atomic E-state index is 11.8. The van der Waals surface area contributed by atoms with E-state index in [1.807, 2.05) is 11.6 Å². The first-order chi connectivity index (χ1) is 13.0. The van der Waals surface area contributed by atoms with Crippen LogP contribution in [0.4, 0.5) is 0 Å². The fourth-order valence-corrected chi connectivity index (χ4v) is 3.27. The van der Waals surface area contributed by atoms with Crippen molar-refractivity contribution in [3.63, 3.8) is 0 Å². The lowest BCUT2D eigenvalue weighted by Crippen LogP contribution is -2.40. The second-order valence-corrected chi connectivity index (χ2v) is 7.67. The normalized spacial score (nSPS) is 11.5. The third-order valence-electron chi connectivity index (χ3n) is 4.06. The molecule has 2 rings (SSSR count). The van der Waals surface area contributed by atoms with Crippen LogP contribution < -0.4 is 10.6 Å². The predicted octanol–water partition coefficient (Wildman–Crippen LogP) is 1.82. The molecule has 2 aromatic heterocycles.